The highest BCUT2D eigenvalue weighted by Gasteiger charge is 2.23. The van der Waals surface area contributed by atoms with Crippen molar-refractivity contribution in [3.8, 4) is 44.8 Å². The lowest BCUT2D eigenvalue weighted by atomic mass is 10.00. The number of para-hydroxylation sites is 1. The molecule has 2 heterocycles. The first-order valence-corrected chi connectivity index (χ1v) is 19.4. The fourth-order valence-corrected chi connectivity index (χ4v) is 9.96. The highest BCUT2D eigenvalue weighted by molar-refractivity contribution is 6.20. The van der Waals surface area contributed by atoms with E-state index in [9.17, 15) is 0 Å². The van der Waals surface area contributed by atoms with Crippen molar-refractivity contribution < 1.29 is 0 Å². The number of hydrogen-bond acceptors (Lipinski definition) is 0. The first-order valence-electron chi connectivity index (χ1n) is 19.4. The highest BCUT2D eigenvalue weighted by atomic mass is 15.0. The molecule has 0 radical (unpaired) electrons. The van der Waals surface area contributed by atoms with Crippen LogP contribution in [0.1, 0.15) is 0 Å². The smallest absolute Gasteiger partial charge is 0.0619 e. The van der Waals surface area contributed by atoms with E-state index in [1.54, 1.807) is 0 Å². The predicted octanol–water partition coefficient (Wildman–Crippen LogP) is 14.7. The predicted molar refractivity (Wildman–Crippen MR) is 238 cm³/mol. The molecule has 0 spiro atoms. The summed E-state index contributed by atoms with van der Waals surface area (Å²) in [4.78, 5) is 0. The Balaban J connectivity index is 1.03. The molecule has 0 saturated carbocycles. The summed E-state index contributed by atoms with van der Waals surface area (Å²) in [7, 11) is 0. The van der Waals surface area contributed by atoms with Gasteiger partial charge in [0, 0.05) is 38.0 Å². The maximum atomic E-state index is 2.50. The van der Waals surface area contributed by atoms with Crippen molar-refractivity contribution in [3.05, 3.63) is 194 Å². The molecule has 2 heteroatoms. The molecule has 2 aromatic heterocycles. The van der Waals surface area contributed by atoms with Crippen LogP contribution in [0.25, 0.3) is 121 Å². The summed E-state index contributed by atoms with van der Waals surface area (Å²) < 4.78 is 4.94. The van der Waals surface area contributed by atoms with Gasteiger partial charge in [-0.1, -0.05) is 146 Å². The van der Waals surface area contributed by atoms with Crippen molar-refractivity contribution in [2.75, 3.05) is 0 Å². The summed E-state index contributed by atoms with van der Waals surface area (Å²) in [6.07, 6.45) is 0. The number of hydrogen-bond donors (Lipinski definition) is 0. The minimum atomic E-state index is 1.18. The molecule has 258 valence electrons. The van der Waals surface area contributed by atoms with Crippen LogP contribution in [0, 0.1) is 0 Å². The summed E-state index contributed by atoms with van der Waals surface area (Å²) in [5.41, 5.74) is 15.0. The molecular formula is C54H32N2. The molecule has 0 N–H and O–H groups in total. The Bertz CT molecular complexity index is 3640. The van der Waals surface area contributed by atoms with E-state index in [-0.39, 0.29) is 0 Å². The summed E-state index contributed by atoms with van der Waals surface area (Å²) in [6.45, 7) is 0. The summed E-state index contributed by atoms with van der Waals surface area (Å²) in [5, 5.41) is 12.7. The van der Waals surface area contributed by atoms with Gasteiger partial charge in [0.25, 0.3) is 0 Å². The van der Waals surface area contributed by atoms with Crippen molar-refractivity contribution in [2.45, 2.75) is 0 Å². The van der Waals surface area contributed by atoms with Crippen LogP contribution in [-0.2, 0) is 0 Å². The Morgan fingerprint density at radius 1 is 0.286 bits per heavy atom. The maximum absolute atomic E-state index is 2.50. The first kappa shape index (κ1) is 30.0. The SMILES string of the molecule is c1ccc2c(-n3c4ccccc4c4cc(-c5ccc6c(c5)c5ccc7ccccc7c5n6-c5ccc6c(c5)-c5cccc7cccc-6c57)ccc43)cccc2c1. The van der Waals surface area contributed by atoms with E-state index in [0.29, 0.717) is 0 Å². The summed E-state index contributed by atoms with van der Waals surface area (Å²) in [6, 6.07) is 72.1. The Kier molecular flexibility index (Phi) is 5.92. The van der Waals surface area contributed by atoms with Crippen LogP contribution in [0.2, 0.25) is 0 Å². The van der Waals surface area contributed by atoms with Gasteiger partial charge < -0.3 is 9.13 Å². The topological polar surface area (TPSA) is 9.86 Å². The van der Waals surface area contributed by atoms with E-state index in [4.69, 9.17) is 0 Å². The molecule has 2 nitrogen and oxygen atoms in total. The van der Waals surface area contributed by atoms with E-state index >= 15 is 0 Å². The van der Waals surface area contributed by atoms with Crippen molar-refractivity contribution in [1.82, 2.24) is 9.13 Å². The van der Waals surface area contributed by atoms with Gasteiger partial charge in [0.2, 0.25) is 0 Å². The summed E-state index contributed by atoms with van der Waals surface area (Å²) in [5.74, 6) is 0. The van der Waals surface area contributed by atoms with Crippen LogP contribution < -0.4 is 0 Å². The Hall–Kier alpha value is -7.42. The zero-order chi connectivity index (χ0) is 36.5. The second kappa shape index (κ2) is 11.1. The number of rotatable bonds is 3. The molecule has 10 aromatic carbocycles. The van der Waals surface area contributed by atoms with E-state index in [1.807, 2.05) is 0 Å². The average molecular weight is 709 g/mol. The van der Waals surface area contributed by atoms with Gasteiger partial charge in [-0.25, -0.2) is 0 Å². The first-order chi connectivity index (χ1) is 27.8. The van der Waals surface area contributed by atoms with Gasteiger partial charge in [-0.15, -0.1) is 0 Å². The van der Waals surface area contributed by atoms with E-state index in [0.717, 1.165) is 0 Å². The van der Waals surface area contributed by atoms with Gasteiger partial charge in [0.15, 0.2) is 0 Å². The normalized spacial score (nSPS) is 12.3. The van der Waals surface area contributed by atoms with Crippen LogP contribution in [0.3, 0.4) is 0 Å². The zero-order valence-electron chi connectivity index (χ0n) is 30.4. The van der Waals surface area contributed by atoms with Gasteiger partial charge in [-0.2, -0.15) is 0 Å². The van der Waals surface area contributed by atoms with Crippen LogP contribution in [0.15, 0.2) is 194 Å². The summed E-state index contributed by atoms with van der Waals surface area (Å²) >= 11 is 0. The second-order valence-corrected chi connectivity index (χ2v) is 15.3. The largest absolute Gasteiger partial charge is 0.309 e. The Morgan fingerprint density at radius 2 is 0.875 bits per heavy atom. The van der Waals surface area contributed by atoms with Crippen LogP contribution >= 0.6 is 0 Å². The number of aromatic nitrogens is 2. The fourth-order valence-electron chi connectivity index (χ4n) is 9.96. The Labute approximate surface area is 322 Å². The lowest BCUT2D eigenvalue weighted by molar-refractivity contribution is 1.19. The molecular weight excluding hydrogens is 677 g/mol. The Morgan fingerprint density at radius 3 is 1.68 bits per heavy atom. The second-order valence-electron chi connectivity index (χ2n) is 15.3. The standard InChI is InChI=1S/C54H32N2/c1-3-15-39-33(10-1)12-9-21-49(39)56-50-20-6-5-17-42(50)47-30-36(24-29-52(47)56)37-23-28-51-48(31-37)45-26-22-34-11-2-4-16-40(34)54(45)55(51)38-25-27-41-43-18-7-13-35-14-8-19-44(53(35)43)46(41)32-38/h1-32H. The van der Waals surface area contributed by atoms with Crippen molar-refractivity contribution in [2.24, 2.45) is 0 Å². The lowest BCUT2D eigenvalue weighted by Gasteiger charge is -2.13. The van der Waals surface area contributed by atoms with Crippen LogP contribution in [-0.4, -0.2) is 9.13 Å². The van der Waals surface area contributed by atoms with Crippen molar-refractivity contribution >= 4 is 75.9 Å². The quantitative estimate of drug-likeness (QED) is 0.173. The van der Waals surface area contributed by atoms with Gasteiger partial charge in [0.1, 0.15) is 0 Å². The minimum Gasteiger partial charge on any atom is -0.309 e. The third kappa shape index (κ3) is 4.00. The third-order valence-corrected chi connectivity index (χ3v) is 12.4. The monoisotopic (exact) mass is 708 g/mol. The molecule has 0 saturated heterocycles. The van der Waals surface area contributed by atoms with Crippen LogP contribution in [0.5, 0.6) is 0 Å². The van der Waals surface area contributed by atoms with Gasteiger partial charge >= 0.3 is 0 Å². The van der Waals surface area contributed by atoms with E-state index in [1.165, 1.54) is 121 Å². The molecule has 0 bridgehead atoms. The number of benzene rings is 10. The van der Waals surface area contributed by atoms with Gasteiger partial charge in [-0.05, 0) is 103 Å². The lowest BCUT2D eigenvalue weighted by Crippen LogP contribution is -1.95. The molecule has 0 unspecified atom stereocenters. The molecule has 0 fully saturated rings. The van der Waals surface area contributed by atoms with Crippen LogP contribution in [0.4, 0.5) is 0 Å². The molecule has 0 amide bonds. The van der Waals surface area contributed by atoms with Gasteiger partial charge in [0.05, 0.1) is 27.8 Å². The van der Waals surface area contributed by atoms with E-state index < -0.39 is 0 Å². The molecule has 1 aliphatic rings. The molecule has 0 aliphatic heterocycles. The zero-order valence-corrected chi connectivity index (χ0v) is 30.4. The van der Waals surface area contributed by atoms with Crippen molar-refractivity contribution in [3.63, 3.8) is 0 Å². The van der Waals surface area contributed by atoms with E-state index in [2.05, 4.69) is 203 Å². The average Bonchev–Trinajstić information content (AvgIpc) is 3.89. The molecule has 56 heavy (non-hydrogen) atoms. The number of nitrogens with zero attached hydrogens (tertiary/aromatic N) is 2. The minimum absolute atomic E-state index is 1.18. The maximum Gasteiger partial charge on any atom is 0.0619 e. The van der Waals surface area contributed by atoms with Gasteiger partial charge in [-0.3, -0.25) is 0 Å². The van der Waals surface area contributed by atoms with Crippen molar-refractivity contribution in [1.29, 1.82) is 0 Å². The molecule has 12 aromatic rings. The number of fused-ring (bicyclic) bond motifs is 12. The molecule has 1 aliphatic carbocycles. The molecule has 0 atom stereocenters. The third-order valence-electron chi connectivity index (χ3n) is 12.4. The fraction of sp³-hybridized carbons (Fsp3) is 0. The highest BCUT2D eigenvalue weighted by Crippen LogP contribution is 2.49. The molecule has 13 rings (SSSR count).